The SMILES string of the molecule is CCN(CC)C(=O)c1ccc(NS(=O)(=O)c2ccc(OC)c(C)c2)cc1. The van der Waals surface area contributed by atoms with Crippen LogP contribution < -0.4 is 9.46 Å². The number of hydrogen-bond acceptors (Lipinski definition) is 4. The average Bonchev–Trinajstić information content (AvgIpc) is 2.62. The molecule has 140 valence electrons. The highest BCUT2D eigenvalue weighted by molar-refractivity contribution is 7.92. The highest BCUT2D eigenvalue weighted by Crippen LogP contribution is 2.23. The highest BCUT2D eigenvalue weighted by Gasteiger charge is 2.17. The Hall–Kier alpha value is -2.54. The number of benzene rings is 2. The number of nitrogens with one attached hydrogen (secondary N) is 1. The van der Waals surface area contributed by atoms with E-state index in [1.807, 2.05) is 13.8 Å². The summed E-state index contributed by atoms with van der Waals surface area (Å²) >= 11 is 0. The second-order valence-electron chi connectivity index (χ2n) is 5.79. The summed E-state index contributed by atoms with van der Waals surface area (Å²) in [5.74, 6) is 0.554. The molecule has 1 N–H and O–H groups in total. The predicted octanol–water partition coefficient (Wildman–Crippen LogP) is 3.29. The molecular weight excluding hydrogens is 352 g/mol. The first-order chi connectivity index (χ1) is 12.3. The molecular formula is C19H24N2O4S. The van der Waals surface area contributed by atoms with E-state index < -0.39 is 10.0 Å². The third kappa shape index (κ3) is 4.35. The van der Waals surface area contributed by atoms with Gasteiger partial charge in [-0.15, -0.1) is 0 Å². The minimum atomic E-state index is -3.72. The molecule has 0 radical (unpaired) electrons. The van der Waals surface area contributed by atoms with Crippen LogP contribution in [-0.2, 0) is 10.0 Å². The summed E-state index contributed by atoms with van der Waals surface area (Å²) in [7, 11) is -2.18. The number of sulfonamides is 1. The van der Waals surface area contributed by atoms with Gasteiger partial charge in [-0.3, -0.25) is 9.52 Å². The Morgan fingerprint density at radius 2 is 1.69 bits per heavy atom. The molecule has 2 aromatic rings. The van der Waals surface area contributed by atoms with E-state index in [4.69, 9.17) is 4.74 Å². The maximum absolute atomic E-state index is 12.5. The van der Waals surface area contributed by atoms with Crippen molar-refractivity contribution in [2.75, 3.05) is 24.9 Å². The molecule has 0 aromatic heterocycles. The summed E-state index contributed by atoms with van der Waals surface area (Å²) in [4.78, 5) is 14.2. The maximum atomic E-state index is 12.5. The monoisotopic (exact) mass is 376 g/mol. The Balaban J connectivity index is 2.20. The molecule has 2 rings (SSSR count). The Labute approximate surface area is 154 Å². The predicted molar refractivity (Wildman–Crippen MR) is 102 cm³/mol. The van der Waals surface area contributed by atoms with Gasteiger partial charge in [-0.05, 0) is 68.8 Å². The summed E-state index contributed by atoms with van der Waals surface area (Å²) in [5, 5.41) is 0. The number of anilines is 1. The summed E-state index contributed by atoms with van der Waals surface area (Å²) < 4.78 is 32.8. The van der Waals surface area contributed by atoms with Crippen molar-refractivity contribution in [3.05, 3.63) is 53.6 Å². The van der Waals surface area contributed by atoms with Crippen molar-refractivity contribution in [1.82, 2.24) is 4.90 Å². The molecule has 0 heterocycles. The summed E-state index contributed by atoms with van der Waals surface area (Å²) in [6, 6.07) is 11.1. The van der Waals surface area contributed by atoms with E-state index in [1.54, 1.807) is 48.2 Å². The van der Waals surface area contributed by atoms with Gasteiger partial charge in [-0.25, -0.2) is 8.42 Å². The van der Waals surface area contributed by atoms with Crippen molar-refractivity contribution in [2.45, 2.75) is 25.7 Å². The summed E-state index contributed by atoms with van der Waals surface area (Å²) in [5.41, 5.74) is 1.65. The van der Waals surface area contributed by atoms with Gasteiger partial charge in [0.15, 0.2) is 0 Å². The van der Waals surface area contributed by atoms with Crippen LogP contribution in [0.25, 0.3) is 0 Å². The fourth-order valence-corrected chi connectivity index (χ4v) is 3.75. The minimum Gasteiger partial charge on any atom is -0.496 e. The molecule has 26 heavy (non-hydrogen) atoms. The van der Waals surface area contributed by atoms with Crippen molar-refractivity contribution in [3.63, 3.8) is 0 Å². The number of carbonyl (C=O) groups is 1. The number of nitrogens with zero attached hydrogens (tertiary/aromatic N) is 1. The van der Waals surface area contributed by atoms with Crippen LogP contribution in [0.1, 0.15) is 29.8 Å². The fourth-order valence-electron chi connectivity index (χ4n) is 2.61. The third-order valence-corrected chi connectivity index (χ3v) is 5.49. The van der Waals surface area contributed by atoms with E-state index in [1.165, 1.54) is 13.2 Å². The van der Waals surface area contributed by atoms with Gasteiger partial charge < -0.3 is 9.64 Å². The molecule has 1 amide bonds. The van der Waals surface area contributed by atoms with Gasteiger partial charge in [0, 0.05) is 24.3 Å². The van der Waals surface area contributed by atoms with E-state index >= 15 is 0 Å². The van der Waals surface area contributed by atoms with Crippen LogP contribution in [-0.4, -0.2) is 39.4 Å². The number of hydrogen-bond donors (Lipinski definition) is 1. The van der Waals surface area contributed by atoms with E-state index in [-0.39, 0.29) is 10.8 Å². The molecule has 7 heteroatoms. The number of methoxy groups -OCH3 is 1. The van der Waals surface area contributed by atoms with Crippen LogP contribution in [0.4, 0.5) is 5.69 Å². The zero-order valence-corrected chi connectivity index (χ0v) is 16.3. The zero-order valence-electron chi connectivity index (χ0n) is 15.4. The van der Waals surface area contributed by atoms with Crippen LogP contribution >= 0.6 is 0 Å². The van der Waals surface area contributed by atoms with E-state index in [0.717, 1.165) is 5.56 Å². The van der Waals surface area contributed by atoms with Crippen molar-refractivity contribution >= 4 is 21.6 Å². The Morgan fingerprint density at radius 1 is 1.08 bits per heavy atom. The van der Waals surface area contributed by atoms with Crippen molar-refractivity contribution in [2.24, 2.45) is 0 Å². The Morgan fingerprint density at radius 3 is 2.19 bits per heavy atom. The lowest BCUT2D eigenvalue weighted by Gasteiger charge is -2.18. The van der Waals surface area contributed by atoms with E-state index in [0.29, 0.717) is 30.1 Å². The lowest BCUT2D eigenvalue weighted by atomic mass is 10.2. The van der Waals surface area contributed by atoms with Gasteiger partial charge in [0.1, 0.15) is 5.75 Å². The van der Waals surface area contributed by atoms with Gasteiger partial charge in [0.05, 0.1) is 12.0 Å². The lowest BCUT2D eigenvalue weighted by molar-refractivity contribution is 0.0773. The maximum Gasteiger partial charge on any atom is 0.261 e. The van der Waals surface area contributed by atoms with Gasteiger partial charge in [0.2, 0.25) is 0 Å². The Kier molecular flexibility index (Phi) is 6.26. The lowest BCUT2D eigenvalue weighted by Crippen LogP contribution is -2.30. The number of ether oxygens (including phenoxy) is 1. The van der Waals surface area contributed by atoms with Crippen LogP contribution in [0.3, 0.4) is 0 Å². The fraction of sp³-hybridized carbons (Fsp3) is 0.316. The molecule has 0 unspecified atom stereocenters. The second kappa shape index (κ2) is 8.23. The second-order valence-corrected chi connectivity index (χ2v) is 7.47. The van der Waals surface area contributed by atoms with Crippen LogP contribution in [0.2, 0.25) is 0 Å². The quantitative estimate of drug-likeness (QED) is 0.805. The smallest absolute Gasteiger partial charge is 0.261 e. The molecule has 0 aliphatic carbocycles. The van der Waals surface area contributed by atoms with E-state index in [2.05, 4.69) is 4.72 Å². The minimum absolute atomic E-state index is 0.0739. The average molecular weight is 376 g/mol. The highest BCUT2D eigenvalue weighted by atomic mass is 32.2. The Bertz CT molecular complexity index is 873. The number of rotatable bonds is 7. The molecule has 0 saturated carbocycles. The van der Waals surface area contributed by atoms with Gasteiger partial charge >= 0.3 is 0 Å². The van der Waals surface area contributed by atoms with Gasteiger partial charge in [-0.1, -0.05) is 0 Å². The normalized spacial score (nSPS) is 11.1. The zero-order chi connectivity index (χ0) is 19.3. The molecule has 0 aliphatic heterocycles. The number of amides is 1. The molecule has 2 aromatic carbocycles. The van der Waals surface area contributed by atoms with Crippen molar-refractivity contribution in [1.29, 1.82) is 0 Å². The molecule has 0 atom stereocenters. The summed E-state index contributed by atoms with van der Waals surface area (Å²) in [6.07, 6.45) is 0. The largest absolute Gasteiger partial charge is 0.496 e. The van der Waals surface area contributed by atoms with Gasteiger partial charge in [0.25, 0.3) is 15.9 Å². The molecule has 0 bridgehead atoms. The molecule has 0 aliphatic rings. The third-order valence-electron chi connectivity index (χ3n) is 4.11. The van der Waals surface area contributed by atoms with Crippen molar-refractivity contribution in [3.8, 4) is 5.75 Å². The first kappa shape index (κ1) is 19.8. The topological polar surface area (TPSA) is 75.7 Å². The molecule has 0 fully saturated rings. The van der Waals surface area contributed by atoms with E-state index in [9.17, 15) is 13.2 Å². The van der Waals surface area contributed by atoms with Crippen LogP contribution in [0.15, 0.2) is 47.4 Å². The summed E-state index contributed by atoms with van der Waals surface area (Å²) in [6.45, 7) is 6.87. The van der Waals surface area contributed by atoms with Crippen LogP contribution in [0.5, 0.6) is 5.75 Å². The number of carbonyl (C=O) groups excluding carboxylic acids is 1. The van der Waals surface area contributed by atoms with Crippen molar-refractivity contribution < 1.29 is 17.9 Å². The first-order valence-corrected chi connectivity index (χ1v) is 9.87. The standard InChI is InChI=1S/C19H24N2O4S/c1-5-21(6-2)19(22)15-7-9-16(10-8-15)20-26(23,24)17-11-12-18(25-4)14(3)13-17/h7-13,20H,5-6H2,1-4H3. The van der Waals surface area contributed by atoms with Gasteiger partial charge in [-0.2, -0.15) is 0 Å². The molecule has 6 nitrogen and oxygen atoms in total. The molecule has 0 spiro atoms. The number of aryl methyl sites for hydroxylation is 1. The molecule has 0 saturated heterocycles. The van der Waals surface area contributed by atoms with Crippen LogP contribution in [0, 0.1) is 6.92 Å². The first-order valence-electron chi connectivity index (χ1n) is 8.39.